The van der Waals surface area contributed by atoms with E-state index < -0.39 is 11.0 Å². The van der Waals surface area contributed by atoms with E-state index in [1.165, 1.54) is 12.1 Å². The standard InChI is InChI=1S/C9H12N2O4/c12-6-9(13)5-10-7-1-3-8(4-2-7)11(14)15/h1-4,9-10,12-13H,5-6H2/t9-/m0/s1. The van der Waals surface area contributed by atoms with Crippen molar-refractivity contribution in [1.82, 2.24) is 0 Å². The Kier molecular flexibility index (Phi) is 4.02. The zero-order chi connectivity index (χ0) is 11.3. The monoisotopic (exact) mass is 212 g/mol. The molecule has 0 aliphatic heterocycles. The fourth-order valence-corrected chi connectivity index (χ4v) is 1.00. The summed E-state index contributed by atoms with van der Waals surface area (Å²) in [6, 6.07) is 5.83. The second-order valence-corrected chi connectivity index (χ2v) is 3.02. The summed E-state index contributed by atoms with van der Waals surface area (Å²) < 4.78 is 0. The lowest BCUT2D eigenvalue weighted by molar-refractivity contribution is -0.384. The first-order valence-corrected chi connectivity index (χ1v) is 4.40. The topological polar surface area (TPSA) is 95.6 Å². The zero-order valence-electron chi connectivity index (χ0n) is 7.96. The minimum Gasteiger partial charge on any atom is -0.394 e. The van der Waals surface area contributed by atoms with Crippen molar-refractivity contribution in [1.29, 1.82) is 0 Å². The normalized spacial score (nSPS) is 12.1. The average Bonchev–Trinajstić information content (AvgIpc) is 2.26. The first-order chi connectivity index (χ1) is 7.13. The smallest absolute Gasteiger partial charge is 0.269 e. The lowest BCUT2D eigenvalue weighted by Gasteiger charge is -2.09. The Morgan fingerprint density at radius 1 is 1.40 bits per heavy atom. The van der Waals surface area contributed by atoms with E-state index in [2.05, 4.69) is 5.32 Å². The van der Waals surface area contributed by atoms with Crippen molar-refractivity contribution in [2.45, 2.75) is 6.10 Å². The molecule has 0 aliphatic rings. The van der Waals surface area contributed by atoms with Crippen LogP contribution in [0.25, 0.3) is 0 Å². The largest absolute Gasteiger partial charge is 0.394 e. The van der Waals surface area contributed by atoms with Crippen LogP contribution in [0, 0.1) is 10.1 Å². The third-order valence-corrected chi connectivity index (χ3v) is 1.83. The molecule has 0 fully saturated rings. The predicted molar refractivity (Wildman–Crippen MR) is 54.7 cm³/mol. The van der Waals surface area contributed by atoms with Crippen LogP contribution in [0.4, 0.5) is 11.4 Å². The third kappa shape index (κ3) is 3.53. The molecular weight excluding hydrogens is 200 g/mol. The van der Waals surface area contributed by atoms with Gasteiger partial charge in [0, 0.05) is 24.4 Å². The van der Waals surface area contributed by atoms with Crippen LogP contribution in [-0.4, -0.2) is 34.4 Å². The van der Waals surface area contributed by atoms with Gasteiger partial charge in [-0.3, -0.25) is 10.1 Å². The lowest BCUT2D eigenvalue weighted by Crippen LogP contribution is -2.22. The Bertz CT molecular complexity index is 325. The van der Waals surface area contributed by atoms with Crippen LogP contribution in [0.3, 0.4) is 0 Å². The molecule has 0 saturated carbocycles. The quantitative estimate of drug-likeness (QED) is 0.483. The number of nitro benzene ring substituents is 1. The highest BCUT2D eigenvalue weighted by Gasteiger charge is 2.05. The second-order valence-electron chi connectivity index (χ2n) is 3.02. The Balaban J connectivity index is 2.53. The summed E-state index contributed by atoms with van der Waals surface area (Å²) in [5.74, 6) is 0. The summed E-state index contributed by atoms with van der Waals surface area (Å²) in [5.41, 5.74) is 0.677. The van der Waals surface area contributed by atoms with Crippen LogP contribution < -0.4 is 5.32 Å². The molecule has 0 radical (unpaired) electrons. The number of hydrogen-bond acceptors (Lipinski definition) is 5. The maximum absolute atomic E-state index is 10.3. The Morgan fingerprint density at radius 2 is 2.00 bits per heavy atom. The maximum atomic E-state index is 10.3. The number of aliphatic hydroxyl groups is 2. The van der Waals surface area contributed by atoms with E-state index in [0.717, 1.165) is 0 Å². The molecule has 3 N–H and O–H groups in total. The Labute approximate surface area is 86.3 Å². The van der Waals surface area contributed by atoms with Crippen molar-refractivity contribution >= 4 is 11.4 Å². The van der Waals surface area contributed by atoms with Crippen molar-refractivity contribution < 1.29 is 15.1 Å². The van der Waals surface area contributed by atoms with Gasteiger partial charge in [0.1, 0.15) is 0 Å². The molecule has 6 heteroatoms. The van der Waals surface area contributed by atoms with Gasteiger partial charge in [-0.2, -0.15) is 0 Å². The first kappa shape index (κ1) is 11.4. The predicted octanol–water partition coefficient (Wildman–Crippen LogP) is 0.360. The van der Waals surface area contributed by atoms with E-state index in [4.69, 9.17) is 10.2 Å². The van der Waals surface area contributed by atoms with Gasteiger partial charge in [-0.1, -0.05) is 0 Å². The Hall–Kier alpha value is -1.66. The number of aliphatic hydroxyl groups excluding tert-OH is 2. The first-order valence-electron chi connectivity index (χ1n) is 4.40. The van der Waals surface area contributed by atoms with Gasteiger partial charge in [0.15, 0.2) is 0 Å². The summed E-state index contributed by atoms with van der Waals surface area (Å²) in [5, 5.41) is 30.8. The molecule has 1 rings (SSSR count). The molecule has 6 nitrogen and oxygen atoms in total. The highest BCUT2D eigenvalue weighted by molar-refractivity contribution is 5.48. The van der Waals surface area contributed by atoms with Crippen LogP contribution in [0.15, 0.2) is 24.3 Å². The van der Waals surface area contributed by atoms with Crippen molar-refractivity contribution in [2.24, 2.45) is 0 Å². The summed E-state index contributed by atoms with van der Waals surface area (Å²) >= 11 is 0. The van der Waals surface area contributed by atoms with Crippen LogP contribution in [0.2, 0.25) is 0 Å². The summed E-state index contributed by atoms with van der Waals surface area (Å²) in [6.45, 7) is -0.117. The van der Waals surface area contributed by atoms with E-state index in [9.17, 15) is 10.1 Å². The average molecular weight is 212 g/mol. The zero-order valence-corrected chi connectivity index (χ0v) is 7.96. The minimum absolute atomic E-state index is 0.0169. The van der Waals surface area contributed by atoms with Crippen molar-refractivity contribution in [3.63, 3.8) is 0 Å². The molecule has 0 amide bonds. The number of benzene rings is 1. The van der Waals surface area contributed by atoms with E-state index in [1.54, 1.807) is 12.1 Å². The summed E-state index contributed by atoms with van der Waals surface area (Å²) in [7, 11) is 0. The number of rotatable bonds is 5. The van der Waals surface area contributed by atoms with E-state index in [-0.39, 0.29) is 18.8 Å². The third-order valence-electron chi connectivity index (χ3n) is 1.83. The fourth-order valence-electron chi connectivity index (χ4n) is 1.00. The molecule has 1 aromatic rings. The number of anilines is 1. The molecule has 0 aliphatic carbocycles. The van der Waals surface area contributed by atoms with Gasteiger partial charge in [0.25, 0.3) is 5.69 Å². The number of nitro groups is 1. The van der Waals surface area contributed by atoms with Gasteiger partial charge in [-0.05, 0) is 12.1 Å². The molecule has 0 heterocycles. The van der Waals surface area contributed by atoms with Crippen molar-refractivity contribution in [3.8, 4) is 0 Å². The minimum atomic E-state index is -0.833. The molecule has 0 aromatic heterocycles. The molecule has 15 heavy (non-hydrogen) atoms. The van der Waals surface area contributed by atoms with Gasteiger partial charge in [-0.25, -0.2) is 0 Å². The molecular formula is C9H12N2O4. The van der Waals surface area contributed by atoms with E-state index in [0.29, 0.717) is 5.69 Å². The van der Waals surface area contributed by atoms with E-state index in [1.807, 2.05) is 0 Å². The molecule has 1 atom stereocenters. The lowest BCUT2D eigenvalue weighted by atomic mass is 10.2. The van der Waals surface area contributed by atoms with Gasteiger partial charge in [0.05, 0.1) is 17.6 Å². The van der Waals surface area contributed by atoms with Gasteiger partial charge in [0.2, 0.25) is 0 Å². The fraction of sp³-hybridized carbons (Fsp3) is 0.333. The van der Waals surface area contributed by atoms with Crippen LogP contribution >= 0.6 is 0 Å². The number of hydrogen-bond donors (Lipinski definition) is 3. The van der Waals surface area contributed by atoms with Crippen LogP contribution in [0.1, 0.15) is 0 Å². The van der Waals surface area contributed by atoms with Crippen LogP contribution in [-0.2, 0) is 0 Å². The number of non-ortho nitro benzene ring substituents is 1. The highest BCUT2D eigenvalue weighted by Crippen LogP contribution is 2.15. The number of nitrogens with zero attached hydrogens (tertiary/aromatic N) is 1. The summed E-state index contributed by atoms with van der Waals surface area (Å²) in [4.78, 5) is 9.86. The molecule has 82 valence electrons. The molecule has 0 saturated heterocycles. The number of nitrogens with one attached hydrogen (secondary N) is 1. The molecule has 0 bridgehead atoms. The Morgan fingerprint density at radius 3 is 2.47 bits per heavy atom. The van der Waals surface area contributed by atoms with Gasteiger partial charge in [-0.15, -0.1) is 0 Å². The SMILES string of the molecule is O=[N+]([O-])c1ccc(NC[C@H](O)CO)cc1. The maximum Gasteiger partial charge on any atom is 0.269 e. The highest BCUT2D eigenvalue weighted by atomic mass is 16.6. The van der Waals surface area contributed by atoms with Crippen molar-refractivity contribution in [3.05, 3.63) is 34.4 Å². The molecule has 1 aromatic carbocycles. The second kappa shape index (κ2) is 5.28. The van der Waals surface area contributed by atoms with Gasteiger partial charge >= 0.3 is 0 Å². The summed E-state index contributed by atoms with van der Waals surface area (Å²) in [6.07, 6.45) is -0.833. The van der Waals surface area contributed by atoms with Gasteiger partial charge < -0.3 is 15.5 Å². The van der Waals surface area contributed by atoms with E-state index >= 15 is 0 Å². The molecule has 0 spiro atoms. The van der Waals surface area contributed by atoms with Crippen LogP contribution in [0.5, 0.6) is 0 Å². The van der Waals surface area contributed by atoms with Crippen molar-refractivity contribution in [2.75, 3.05) is 18.5 Å². The molecule has 0 unspecified atom stereocenters.